The summed E-state index contributed by atoms with van der Waals surface area (Å²) in [4.78, 5) is 2.62. The molecule has 1 aliphatic heterocycles. The fourth-order valence-electron chi connectivity index (χ4n) is 2.89. The topological polar surface area (TPSA) is 15.3 Å². The molecule has 1 saturated heterocycles. The Kier molecular flexibility index (Phi) is 5.21. The number of hydrogen-bond donors (Lipinski definition) is 1. The molecular weight excluding hydrogens is 220 g/mol. The number of nitrogens with one attached hydrogen (secondary N) is 1. The van der Waals surface area contributed by atoms with Crippen molar-refractivity contribution >= 4 is 0 Å². The second-order valence-electron chi connectivity index (χ2n) is 5.20. The lowest BCUT2D eigenvalue weighted by atomic mass is 9.99. The number of rotatable bonds is 5. The van der Waals surface area contributed by atoms with Crippen molar-refractivity contribution < 1.29 is 0 Å². The van der Waals surface area contributed by atoms with E-state index in [0.717, 1.165) is 13.1 Å². The summed E-state index contributed by atoms with van der Waals surface area (Å²) >= 11 is 0. The van der Waals surface area contributed by atoms with Gasteiger partial charge >= 0.3 is 0 Å². The molecule has 0 bridgehead atoms. The molecule has 0 aliphatic carbocycles. The van der Waals surface area contributed by atoms with Crippen molar-refractivity contribution in [3.8, 4) is 0 Å². The minimum absolute atomic E-state index is 0.600. The van der Waals surface area contributed by atoms with Crippen LogP contribution in [0.2, 0.25) is 0 Å². The number of nitrogens with zero attached hydrogens (tertiary/aromatic N) is 1. The molecule has 1 aliphatic rings. The van der Waals surface area contributed by atoms with E-state index >= 15 is 0 Å². The first-order valence-corrected chi connectivity index (χ1v) is 7.38. The average Bonchev–Trinajstić information content (AvgIpc) is 2.43. The van der Waals surface area contributed by atoms with E-state index in [4.69, 9.17) is 0 Å². The third kappa shape index (κ3) is 3.33. The molecule has 1 unspecified atom stereocenters. The summed E-state index contributed by atoms with van der Waals surface area (Å²) in [6.07, 6.45) is 3.63. The molecule has 1 aromatic rings. The summed E-state index contributed by atoms with van der Waals surface area (Å²) in [6.45, 7) is 9.15. The maximum atomic E-state index is 3.43. The van der Waals surface area contributed by atoms with Crippen molar-refractivity contribution in [3.05, 3.63) is 35.4 Å². The minimum Gasteiger partial charge on any atom is -0.314 e. The van der Waals surface area contributed by atoms with Gasteiger partial charge in [0.15, 0.2) is 0 Å². The van der Waals surface area contributed by atoms with Crippen LogP contribution in [0.4, 0.5) is 0 Å². The highest BCUT2D eigenvalue weighted by molar-refractivity contribution is 5.25. The molecular formula is C16H26N2. The molecule has 0 amide bonds. The maximum absolute atomic E-state index is 3.43. The summed E-state index contributed by atoms with van der Waals surface area (Å²) in [7, 11) is 0. The van der Waals surface area contributed by atoms with Gasteiger partial charge in [0.1, 0.15) is 0 Å². The van der Waals surface area contributed by atoms with Crippen molar-refractivity contribution in [2.24, 2.45) is 0 Å². The quantitative estimate of drug-likeness (QED) is 0.859. The molecule has 0 radical (unpaired) electrons. The van der Waals surface area contributed by atoms with Crippen molar-refractivity contribution in [1.29, 1.82) is 0 Å². The van der Waals surface area contributed by atoms with Gasteiger partial charge in [0.25, 0.3) is 0 Å². The first-order chi connectivity index (χ1) is 8.85. The summed E-state index contributed by atoms with van der Waals surface area (Å²) in [5.74, 6) is 0. The maximum Gasteiger partial charge on any atom is 0.0346 e. The fraction of sp³-hybridized carbons (Fsp3) is 0.625. The van der Waals surface area contributed by atoms with Crippen LogP contribution in [0.15, 0.2) is 24.3 Å². The monoisotopic (exact) mass is 246 g/mol. The van der Waals surface area contributed by atoms with Crippen LogP contribution in [-0.4, -0.2) is 31.1 Å². The van der Waals surface area contributed by atoms with E-state index in [0.29, 0.717) is 6.04 Å². The van der Waals surface area contributed by atoms with Crippen LogP contribution >= 0.6 is 0 Å². The molecule has 1 N–H and O–H groups in total. The van der Waals surface area contributed by atoms with E-state index in [-0.39, 0.29) is 0 Å². The molecule has 1 fully saturated rings. The molecule has 1 atom stereocenters. The summed E-state index contributed by atoms with van der Waals surface area (Å²) in [6, 6.07) is 9.89. The normalized spacial score (nSPS) is 18.8. The van der Waals surface area contributed by atoms with E-state index in [2.05, 4.69) is 48.3 Å². The largest absolute Gasteiger partial charge is 0.314 e. The molecule has 2 nitrogen and oxygen atoms in total. The lowest BCUT2D eigenvalue weighted by molar-refractivity contribution is 0.169. The number of aryl methyl sites for hydroxylation is 1. The van der Waals surface area contributed by atoms with Crippen LogP contribution < -0.4 is 5.32 Å². The highest BCUT2D eigenvalue weighted by Crippen LogP contribution is 2.24. The first kappa shape index (κ1) is 13.6. The van der Waals surface area contributed by atoms with Gasteiger partial charge < -0.3 is 5.32 Å². The van der Waals surface area contributed by atoms with Gasteiger partial charge in [0, 0.05) is 32.2 Å². The third-order valence-electron chi connectivity index (χ3n) is 3.88. The Hall–Kier alpha value is -0.860. The number of piperazine rings is 1. The van der Waals surface area contributed by atoms with Crippen LogP contribution in [0.5, 0.6) is 0 Å². The van der Waals surface area contributed by atoms with Crippen LogP contribution in [0.3, 0.4) is 0 Å². The van der Waals surface area contributed by atoms with Crippen LogP contribution in [0, 0.1) is 0 Å². The summed E-state index contributed by atoms with van der Waals surface area (Å²) in [5.41, 5.74) is 2.95. The lowest BCUT2D eigenvalue weighted by Gasteiger charge is -2.34. The van der Waals surface area contributed by atoms with Crippen molar-refractivity contribution in [1.82, 2.24) is 10.2 Å². The lowest BCUT2D eigenvalue weighted by Crippen LogP contribution is -2.45. The zero-order valence-electron chi connectivity index (χ0n) is 11.8. The Morgan fingerprint density at radius 3 is 2.33 bits per heavy atom. The second-order valence-corrected chi connectivity index (χ2v) is 5.20. The van der Waals surface area contributed by atoms with Gasteiger partial charge in [-0.05, 0) is 24.0 Å². The second kappa shape index (κ2) is 6.91. The van der Waals surface area contributed by atoms with Crippen LogP contribution in [-0.2, 0) is 6.42 Å². The third-order valence-corrected chi connectivity index (χ3v) is 3.88. The smallest absolute Gasteiger partial charge is 0.0346 e. The Labute approximate surface area is 111 Å². The standard InChI is InChI=1S/C16H26N2/c1-3-5-14-6-8-15(9-7-14)16(4-2)18-12-10-17-11-13-18/h6-9,16-17H,3-5,10-13H2,1-2H3. The van der Waals surface area contributed by atoms with Gasteiger partial charge in [-0.25, -0.2) is 0 Å². The molecule has 1 heterocycles. The van der Waals surface area contributed by atoms with Gasteiger partial charge in [-0.2, -0.15) is 0 Å². The average molecular weight is 246 g/mol. The Morgan fingerprint density at radius 2 is 1.78 bits per heavy atom. The van der Waals surface area contributed by atoms with Gasteiger partial charge in [-0.3, -0.25) is 4.90 Å². The highest BCUT2D eigenvalue weighted by Gasteiger charge is 2.20. The van der Waals surface area contributed by atoms with Gasteiger partial charge in [0.05, 0.1) is 0 Å². The van der Waals surface area contributed by atoms with E-state index in [1.165, 1.54) is 43.5 Å². The molecule has 0 saturated carbocycles. The molecule has 2 rings (SSSR count). The number of benzene rings is 1. The van der Waals surface area contributed by atoms with Crippen LogP contribution in [0.1, 0.15) is 43.9 Å². The zero-order valence-corrected chi connectivity index (χ0v) is 11.8. The molecule has 1 aromatic carbocycles. The predicted molar refractivity (Wildman–Crippen MR) is 77.9 cm³/mol. The Bertz CT molecular complexity index is 339. The molecule has 2 heteroatoms. The Morgan fingerprint density at radius 1 is 1.11 bits per heavy atom. The SMILES string of the molecule is CCCc1ccc(C(CC)N2CCNCC2)cc1. The minimum atomic E-state index is 0.600. The van der Waals surface area contributed by atoms with Crippen molar-refractivity contribution in [2.75, 3.05) is 26.2 Å². The van der Waals surface area contributed by atoms with Gasteiger partial charge in [-0.15, -0.1) is 0 Å². The first-order valence-electron chi connectivity index (χ1n) is 7.38. The zero-order chi connectivity index (χ0) is 12.8. The predicted octanol–water partition coefficient (Wildman–Crippen LogP) is 3.00. The highest BCUT2D eigenvalue weighted by atomic mass is 15.2. The van der Waals surface area contributed by atoms with Crippen molar-refractivity contribution in [2.45, 2.75) is 39.2 Å². The van der Waals surface area contributed by atoms with Crippen molar-refractivity contribution in [3.63, 3.8) is 0 Å². The molecule has 100 valence electrons. The molecule has 0 spiro atoms. The van der Waals surface area contributed by atoms with Gasteiger partial charge in [-0.1, -0.05) is 44.5 Å². The van der Waals surface area contributed by atoms with E-state index in [1.807, 2.05) is 0 Å². The fourth-order valence-corrected chi connectivity index (χ4v) is 2.89. The molecule has 0 aromatic heterocycles. The van der Waals surface area contributed by atoms with E-state index in [1.54, 1.807) is 0 Å². The van der Waals surface area contributed by atoms with Gasteiger partial charge in [0.2, 0.25) is 0 Å². The number of hydrogen-bond acceptors (Lipinski definition) is 2. The van der Waals surface area contributed by atoms with E-state index < -0.39 is 0 Å². The summed E-state index contributed by atoms with van der Waals surface area (Å²) < 4.78 is 0. The van der Waals surface area contributed by atoms with Crippen LogP contribution in [0.25, 0.3) is 0 Å². The summed E-state index contributed by atoms with van der Waals surface area (Å²) in [5, 5.41) is 3.43. The molecule has 18 heavy (non-hydrogen) atoms. The Balaban J connectivity index is 2.06. The van der Waals surface area contributed by atoms with E-state index in [9.17, 15) is 0 Å².